The molecule has 0 spiro atoms. The van der Waals surface area contributed by atoms with Crippen LogP contribution in [0.25, 0.3) is 0 Å². The number of nitrogens with two attached hydrogens (primary N) is 1. The van der Waals surface area contributed by atoms with Crippen molar-refractivity contribution in [1.82, 2.24) is 0 Å². The topological polar surface area (TPSA) is 49.9 Å². The first kappa shape index (κ1) is 12.3. The maximum Gasteiger partial charge on any atom is 0.00582 e. The van der Waals surface area contributed by atoms with E-state index in [0.29, 0.717) is 0 Å². The van der Waals surface area contributed by atoms with Crippen LogP contribution in [0.4, 0.5) is 0 Å². The predicted molar refractivity (Wildman–Crippen MR) is 47.7 cm³/mol. The molecule has 0 aromatic carbocycles. The Balaban J connectivity index is 0. The van der Waals surface area contributed by atoms with Crippen molar-refractivity contribution in [3.05, 3.63) is 0 Å². The van der Waals surface area contributed by atoms with Crippen molar-refractivity contribution >= 4 is 5.71 Å². The van der Waals surface area contributed by atoms with E-state index in [1.807, 2.05) is 20.8 Å². The second-order valence-electron chi connectivity index (χ2n) is 2.03. The van der Waals surface area contributed by atoms with Gasteiger partial charge in [0.1, 0.15) is 0 Å². The molecule has 0 atom stereocenters. The highest BCUT2D eigenvalue weighted by Gasteiger charge is 1.86. The van der Waals surface area contributed by atoms with Crippen molar-refractivity contribution in [3.63, 3.8) is 0 Å². The van der Waals surface area contributed by atoms with Gasteiger partial charge in [0.25, 0.3) is 0 Å². The summed E-state index contributed by atoms with van der Waals surface area (Å²) < 4.78 is 0. The van der Waals surface area contributed by atoms with Gasteiger partial charge >= 0.3 is 0 Å². The van der Waals surface area contributed by atoms with Crippen molar-refractivity contribution in [2.45, 2.75) is 40.0 Å². The summed E-state index contributed by atoms with van der Waals surface area (Å²) in [5.74, 6) is 0. The lowest BCUT2D eigenvalue weighted by Crippen LogP contribution is -1.99. The van der Waals surface area contributed by atoms with E-state index in [4.69, 9.17) is 11.1 Å². The van der Waals surface area contributed by atoms with E-state index in [-0.39, 0.29) is 0 Å². The molecule has 0 aliphatic carbocycles. The smallest absolute Gasteiger partial charge is 0.00582 e. The molecule has 0 amide bonds. The maximum atomic E-state index is 7.03. The molecule has 62 valence electrons. The Labute approximate surface area is 64.3 Å². The van der Waals surface area contributed by atoms with E-state index in [1.165, 1.54) is 0 Å². The van der Waals surface area contributed by atoms with Gasteiger partial charge in [0.15, 0.2) is 0 Å². The standard InChI is InChI=1S/C6H14N2.C2H6/c1-6(8)4-2-3-5-7;1-2/h8H,2-5,7H2,1H3;1-2H3. The SMILES string of the molecule is CC.CC(=N)CCCCN. The van der Waals surface area contributed by atoms with Gasteiger partial charge in [0.2, 0.25) is 0 Å². The predicted octanol–water partition coefficient (Wildman–Crippen LogP) is 2.18. The molecule has 0 aromatic rings. The lowest BCUT2D eigenvalue weighted by atomic mass is 10.2. The fourth-order valence-corrected chi connectivity index (χ4v) is 0.535. The van der Waals surface area contributed by atoms with Crippen LogP contribution in [-0.4, -0.2) is 12.3 Å². The highest BCUT2D eigenvalue weighted by atomic mass is 14.5. The van der Waals surface area contributed by atoms with Crippen LogP contribution in [0.2, 0.25) is 0 Å². The Kier molecular flexibility index (Phi) is 14.1. The highest BCUT2D eigenvalue weighted by molar-refractivity contribution is 5.78. The van der Waals surface area contributed by atoms with Crippen LogP contribution in [0.1, 0.15) is 40.0 Å². The minimum atomic E-state index is 0.757. The lowest BCUT2D eigenvalue weighted by molar-refractivity contribution is 0.770. The minimum absolute atomic E-state index is 0.757. The van der Waals surface area contributed by atoms with Gasteiger partial charge in [0.05, 0.1) is 0 Å². The zero-order valence-electron chi connectivity index (χ0n) is 7.41. The lowest BCUT2D eigenvalue weighted by Gasteiger charge is -1.93. The van der Waals surface area contributed by atoms with E-state index in [9.17, 15) is 0 Å². The fourth-order valence-electron chi connectivity index (χ4n) is 0.535. The van der Waals surface area contributed by atoms with Crippen molar-refractivity contribution in [2.75, 3.05) is 6.54 Å². The van der Waals surface area contributed by atoms with Crippen LogP contribution >= 0.6 is 0 Å². The molecular weight excluding hydrogens is 124 g/mol. The summed E-state index contributed by atoms with van der Waals surface area (Å²) in [5, 5.41) is 7.03. The van der Waals surface area contributed by atoms with Crippen LogP contribution in [0.5, 0.6) is 0 Å². The normalized spacial score (nSPS) is 8.00. The molecular formula is C8H20N2. The van der Waals surface area contributed by atoms with Gasteiger partial charge in [-0.2, -0.15) is 0 Å². The Hall–Kier alpha value is -0.370. The van der Waals surface area contributed by atoms with Crippen LogP contribution in [0, 0.1) is 5.41 Å². The van der Waals surface area contributed by atoms with Crippen molar-refractivity contribution < 1.29 is 0 Å². The first-order chi connectivity index (χ1) is 4.77. The van der Waals surface area contributed by atoms with Crippen molar-refractivity contribution in [3.8, 4) is 0 Å². The molecule has 0 aliphatic heterocycles. The monoisotopic (exact) mass is 144 g/mol. The molecule has 0 fully saturated rings. The summed E-state index contributed by atoms with van der Waals surface area (Å²) in [4.78, 5) is 0. The molecule has 0 saturated carbocycles. The Morgan fingerprint density at radius 3 is 2.10 bits per heavy atom. The Morgan fingerprint density at radius 1 is 1.30 bits per heavy atom. The second kappa shape index (κ2) is 11.4. The van der Waals surface area contributed by atoms with Gasteiger partial charge in [0, 0.05) is 5.71 Å². The molecule has 0 heterocycles. The summed E-state index contributed by atoms with van der Waals surface area (Å²) in [6.45, 7) is 6.59. The van der Waals surface area contributed by atoms with Crippen LogP contribution in [0.3, 0.4) is 0 Å². The van der Waals surface area contributed by atoms with Gasteiger partial charge in [-0.25, -0.2) is 0 Å². The van der Waals surface area contributed by atoms with Gasteiger partial charge in [-0.1, -0.05) is 13.8 Å². The van der Waals surface area contributed by atoms with Crippen LogP contribution in [-0.2, 0) is 0 Å². The highest BCUT2D eigenvalue weighted by Crippen LogP contribution is 1.93. The molecule has 0 rings (SSSR count). The van der Waals surface area contributed by atoms with Gasteiger partial charge in [-0.05, 0) is 32.7 Å². The largest absolute Gasteiger partial charge is 0.330 e. The fraction of sp³-hybridized carbons (Fsp3) is 0.875. The zero-order valence-corrected chi connectivity index (χ0v) is 7.41. The molecule has 0 radical (unpaired) electrons. The summed E-state index contributed by atoms with van der Waals surface area (Å²) >= 11 is 0. The summed E-state index contributed by atoms with van der Waals surface area (Å²) in [6, 6.07) is 0. The molecule has 0 aromatic heterocycles. The van der Waals surface area contributed by atoms with Crippen LogP contribution in [0.15, 0.2) is 0 Å². The molecule has 0 bridgehead atoms. The zero-order chi connectivity index (χ0) is 8.41. The van der Waals surface area contributed by atoms with Crippen molar-refractivity contribution in [2.24, 2.45) is 5.73 Å². The number of hydrogen-bond donors (Lipinski definition) is 2. The van der Waals surface area contributed by atoms with E-state index in [1.54, 1.807) is 0 Å². The van der Waals surface area contributed by atoms with E-state index in [0.717, 1.165) is 31.5 Å². The van der Waals surface area contributed by atoms with Crippen LogP contribution < -0.4 is 5.73 Å². The Morgan fingerprint density at radius 2 is 1.80 bits per heavy atom. The van der Waals surface area contributed by atoms with E-state index >= 15 is 0 Å². The number of unbranched alkanes of at least 4 members (excludes halogenated alkanes) is 1. The molecule has 2 nitrogen and oxygen atoms in total. The average Bonchev–Trinajstić information content (AvgIpc) is 1.92. The molecule has 0 aliphatic rings. The molecule has 3 N–H and O–H groups in total. The second-order valence-corrected chi connectivity index (χ2v) is 2.03. The first-order valence-electron chi connectivity index (χ1n) is 4.01. The van der Waals surface area contributed by atoms with Crippen molar-refractivity contribution in [1.29, 1.82) is 5.41 Å². The number of rotatable bonds is 4. The van der Waals surface area contributed by atoms with Gasteiger partial charge in [-0.15, -0.1) is 0 Å². The quantitative estimate of drug-likeness (QED) is 0.461. The van der Waals surface area contributed by atoms with Gasteiger partial charge < -0.3 is 11.1 Å². The first-order valence-corrected chi connectivity index (χ1v) is 4.01. The van der Waals surface area contributed by atoms with E-state index in [2.05, 4.69) is 0 Å². The third-order valence-corrected chi connectivity index (χ3v) is 1.01. The van der Waals surface area contributed by atoms with E-state index < -0.39 is 0 Å². The Bertz CT molecular complexity index is 69.7. The van der Waals surface area contributed by atoms with Gasteiger partial charge in [-0.3, -0.25) is 0 Å². The summed E-state index contributed by atoms with van der Waals surface area (Å²) in [6.07, 6.45) is 3.04. The third kappa shape index (κ3) is 15.6. The third-order valence-electron chi connectivity index (χ3n) is 1.01. The number of nitrogens with one attached hydrogen (secondary N) is 1. The maximum absolute atomic E-state index is 7.03. The average molecular weight is 144 g/mol. The molecule has 0 saturated heterocycles. The summed E-state index contributed by atoms with van der Waals surface area (Å²) in [7, 11) is 0. The number of hydrogen-bond acceptors (Lipinski definition) is 2. The molecule has 2 heteroatoms. The summed E-state index contributed by atoms with van der Waals surface area (Å²) in [5.41, 5.74) is 6.01. The molecule has 10 heavy (non-hydrogen) atoms. The molecule has 0 unspecified atom stereocenters. The minimum Gasteiger partial charge on any atom is -0.330 e.